The van der Waals surface area contributed by atoms with Crippen molar-refractivity contribution >= 4 is 21.6 Å². The van der Waals surface area contributed by atoms with Gasteiger partial charge in [-0.05, 0) is 25.1 Å². The van der Waals surface area contributed by atoms with Crippen LogP contribution in [0.1, 0.15) is 17.3 Å². The van der Waals surface area contributed by atoms with Gasteiger partial charge in [-0.15, -0.1) is 0 Å². The second-order valence-electron chi connectivity index (χ2n) is 3.89. The minimum absolute atomic E-state index is 0.0201. The number of fused-ring (bicyclic) bond motifs is 1. The molecule has 18 heavy (non-hydrogen) atoms. The monoisotopic (exact) mass is 269 g/mol. The molecule has 0 bridgehead atoms. The van der Waals surface area contributed by atoms with Crippen molar-refractivity contribution in [1.82, 2.24) is 4.72 Å². The number of sulfonamides is 1. The molecule has 1 N–H and O–H groups in total. The van der Waals surface area contributed by atoms with E-state index in [-0.39, 0.29) is 10.5 Å². The molecule has 2 rings (SSSR count). The third-order valence-electron chi connectivity index (χ3n) is 2.68. The lowest BCUT2D eigenvalue weighted by atomic mass is 10.0. The fraction of sp³-hybridized carbons (Fsp3) is 0.273. The van der Waals surface area contributed by atoms with Crippen LogP contribution in [0.15, 0.2) is 23.1 Å². The number of ketones is 2. The van der Waals surface area contributed by atoms with E-state index in [9.17, 15) is 18.0 Å². The minimum atomic E-state index is -3.84. The first-order valence-corrected chi connectivity index (χ1v) is 6.60. The van der Waals surface area contributed by atoms with Crippen LogP contribution in [-0.4, -0.2) is 33.1 Å². The number of carbonyl (C=O) groups is 2. The minimum Gasteiger partial charge on any atom is -0.497 e. The molecule has 1 aromatic rings. The lowest BCUT2D eigenvalue weighted by Gasteiger charge is -2.23. The van der Waals surface area contributed by atoms with Crippen LogP contribution in [-0.2, 0) is 14.8 Å². The number of hydrogen-bond donors (Lipinski definition) is 1. The van der Waals surface area contributed by atoms with Crippen LogP contribution >= 0.6 is 0 Å². The van der Waals surface area contributed by atoms with Gasteiger partial charge in [0.15, 0.2) is 11.6 Å². The maximum atomic E-state index is 12.0. The van der Waals surface area contributed by atoms with Crippen LogP contribution in [0, 0.1) is 0 Å². The van der Waals surface area contributed by atoms with Gasteiger partial charge < -0.3 is 4.74 Å². The fourth-order valence-corrected chi connectivity index (χ4v) is 3.16. The van der Waals surface area contributed by atoms with Crippen molar-refractivity contribution in [2.45, 2.75) is 17.9 Å². The molecule has 0 amide bonds. The number of Topliss-reactive ketones (excluding diaryl/α,β-unsaturated/α-hetero) is 2. The summed E-state index contributed by atoms with van der Waals surface area (Å²) in [6.07, 6.45) is 0. The predicted octanol–water partition coefficient (Wildman–Crippen LogP) is 0.127. The molecule has 96 valence electrons. The average molecular weight is 269 g/mol. The van der Waals surface area contributed by atoms with Crippen molar-refractivity contribution in [3.8, 4) is 5.75 Å². The van der Waals surface area contributed by atoms with Crippen LogP contribution in [0.2, 0.25) is 0 Å². The number of benzene rings is 1. The number of rotatable bonds is 2. The molecule has 0 saturated heterocycles. The standard InChI is InChI=1S/C11H11NO5S/c1-6(13)10-11(14)8-5-7(17-2)3-4-9(8)18(15,16)12-10/h3-5,10,12H,1-2H3. The number of nitrogens with one attached hydrogen (secondary N) is 1. The van der Waals surface area contributed by atoms with Crippen LogP contribution in [0.25, 0.3) is 0 Å². The number of methoxy groups -OCH3 is 1. The fourth-order valence-electron chi connectivity index (χ4n) is 1.76. The van der Waals surface area contributed by atoms with E-state index in [0.29, 0.717) is 5.75 Å². The first-order valence-electron chi connectivity index (χ1n) is 5.12. The molecule has 1 heterocycles. The maximum absolute atomic E-state index is 12.0. The molecule has 1 aliphatic rings. The van der Waals surface area contributed by atoms with Gasteiger partial charge >= 0.3 is 0 Å². The molecular formula is C11H11NO5S. The Hall–Kier alpha value is -1.73. The number of carbonyl (C=O) groups excluding carboxylic acids is 2. The van der Waals surface area contributed by atoms with Gasteiger partial charge in [0.1, 0.15) is 11.8 Å². The van der Waals surface area contributed by atoms with Crippen molar-refractivity contribution in [2.24, 2.45) is 0 Å². The highest BCUT2D eigenvalue weighted by molar-refractivity contribution is 7.89. The Labute approximate surface area is 104 Å². The second kappa shape index (κ2) is 4.18. The molecule has 1 aliphatic heterocycles. The Morgan fingerprint density at radius 3 is 2.61 bits per heavy atom. The van der Waals surface area contributed by atoms with E-state index in [1.807, 2.05) is 0 Å². The van der Waals surface area contributed by atoms with Gasteiger partial charge in [-0.1, -0.05) is 0 Å². The number of ether oxygens (including phenoxy) is 1. The van der Waals surface area contributed by atoms with E-state index in [1.165, 1.54) is 25.3 Å². The first kappa shape index (κ1) is 12.7. The van der Waals surface area contributed by atoms with Crippen molar-refractivity contribution < 1.29 is 22.7 Å². The lowest BCUT2D eigenvalue weighted by Crippen LogP contribution is -2.49. The number of hydrogen-bond acceptors (Lipinski definition) is 5. The van der Waals surface area contributed by atoms with E-state index in [2.05, 4.69) is 4.72 Å². The molecule has 6 nitrogen and oxygen atoms in total. The molecule has 0 aromatic heterocycles. The molecule has 0 saturated carbocycles. The SMILES string of the molecule is COc1ccc2c(c1)C(=O)C(C(C)=O)NS2(=O)=O. The van der Waals surface area contributed by atoms with Gasteiger partial charge in [0, 0.05) is 5.56 Å². The van der Waals surface area contributed by atoms with Crippen LogP contribution in [0.5, 0.6) is 5.75 Å². The highest BCUT2D eigenvalue weighted by Gasteiger charge is 2.38. The maximum Gasteiger partial charge on any atom is 0.242 e. The third kappa shape index (κ3) is 1.91. The quantitative estimate of drug-likeness (QED) is 0.771. The Kier molecular flexibility index (Phi) is 2.95. The van der Waals surface area contributed by atoms with Crippen LogP contribution in [0.3, 0.4) is 0 Å². The molecule has 1 unspecified atom stereocenters. The van der Waals surface area contributed by atoms with Gasteiger partial charge in [0.25, 0.3) is 0 Å². The Morgan fingerprint density at radius 2 is 2.06 bits per heavy atom. The summed E-state index contributed by atoms with van der Waals surface area (Å²) >= 11 is 0. The van der Waals surface area contributed by atoms with Gasteiger partial charge in [-0.3, -0.25) is 9.59 Å². The largest absolute Gasteiger partial charge is 0.497 e. The molecule has 7 heteroatoms. The van der Waals surface area contributed by atoms with Crippen molar-refractivity contribution in [2.75, 3.05) is 7.11 Å². The molecular weight excluding hydrogens is 258 g/mol. The van der Waals surface area contributed by atoms with Gasteiger partial charge in [-0.25, -0.2) is 8.42 Å². The van der Waals surface area contributed by atoms with Gasteiger partial charge in [0.05, 0.1) is 12.0 Å². The summed E-state index contributed by atoms with van der Waals surface area (Å²) in [5.41, 5.74) is -0.0201. The normalized spacial score (nSPS) is 21.2. The van der Waals surface area contributed by atoms with Crippen LogP contribution in [0.4, 0.5) is 0 Å². The summed E-state index contributed by atoms with van der Waals surface area (Å²) in [6, 6.07) is 2.70. The zero-order valence-corrected chi connectivity index (χ0v) is 10.6. The Bertz CT molecular complexity index is 635. The first-order chi connectivity index (χ1) is 8.36. The van der Waals surface area contributed by atoms with Crippen molar-refractivity contribution in [3.63, 3.8) is 0 Å². The second-order valence-corrected chi connectivity index (χ2v) is 5.57. The smallest absolute Gasteiger partial charge is 0.242 e. The molecule has 0 aliphatic carbocycles. The zero-order valence-electron chi connectivity index (χ0n) is 9.76. The lowest BCUT2D eigenvalue weighted by molar-refractivity contribution is -0.117. The highest BCUT2D eigenvalue weighted by Crippen LogP contribution is 2.27. The van der Waals surface area contributed by atoms with E-state index >= 15 is 0 Å². The summed E-state index contributed by atoms with van der Waals surface area (Å²) in [6.45, 7) is 1.16. The van der Waals surface area contributed by atoms with E-state index in [1.54, 1.807) is 0 Å². The van der Waals surface area contributed by atoms with E-state index in [4.69, 9.17) is 4.74 Å². The molecule has 1 atom stereocenters. The molecule has 0 radical (unpaired) electrons. The van der Waals surface area contributed by atoms with Crippen LogP contribution < -0.4 is 9.46 Å². The zero-order chi connectivity index (χ0) is 13.5. The summed E-state index contributed by atoms with van der Waals surface area (Å²) in [5, 5.41) is 0. The molecule has 0 fully saturated rings. The topological polar surface area (TPSA) is 89.5 Å². The van der Waals surface area contributed by atoms with E-state index in [0.717, 1.165) is 6.92 Å². The summed E-state index contributed by atoms with van der Waals surface area (Å²) < 4.78 is 30.8. The van der Waals surface area contributed by atoms with E-state index < -0.39 is 27.6 Å². The molecule has 1 aromatic carbocycles. The summed E-state index contributed by atoms with van der Waals surface area (Å²) in [5.74, 6) is -0.746. The van der Waals surface area contributed by atoms with Crippen molar-refractivity contribution in [3.05, 3.63) is 23.8 Å². The Morgan fingerprint density at radius 1 is 1.39 bits per heavy atom. The highest BCUT2D eigenvalue weighted by atomic mass is 32.2. The average Bonchev–Trinajstić information content (AvgIpc) is 2.33. The third-order valence-corrected chi connectivity index (χ3v) is 4.16. The summed E-state index contributed by atoms with van der Waals surface area (Å²) in [7, 11) is -2.43. The summed E-state index contributed by atoms with van der Waals surface area (Å²) in [4.78, 5) is 23.2. The Balaban J connectivity index is 2.67. The molecule has 0 spiro atoms. The van der Waals surface area contributed by atoms with Gasteiger partial charge in [-0.2, -0.15) is 4.72 Å². The van der Waals surface area contributed by atoms with Crippen molar-refractivity contribution in [1.29, 1.82) is 0 Å². The van der Waals surface area contributed by atoms with Gasteiger partial charge in [0.2, 0.25) is 10.0 Å². The predicted molar refractivity (Wildman–Crippen MR) is 62.1 cm³/mol.